The van der Waals surface area contributed by atoms with E-state index in [4.69, 9.17) is 0 Å². The van der Waals surface area contributed by atoms with Crippen LogP contribution in [0.5, 0.6) is 0 Å². The predicted molar refractivity (Wildman–Crippen MR) is 80.4 cm³/mol. The van der Waals surface area contributed by atoms with Gasteiger partial charge >= 0.3 is 6.03 Å². The Morgan fingerprint density at radius 3 is 2.38 bits per heavy atom. The minimum atomic E-state index is -0.575. The Morgan fingerprint density at radius 2 is 1.71 bits per heavy atom. The number of para-hydroxylation sites is 1. The van der Waals surface area contributed by atoms with Crippen molar-refractivity contribution in [1.82, 2.24) is 10.9 Å². The lowest BCUT2D eigenvalue weighted by Gasteiger charge is -2.08. The number of hydrogen-bond acceptors (Lipinski definition) is 4. The average molecular weight is 303 g/mol. The maximum atomic E-state index is 11.9. The van der Waals surface area contributed by atoms with Crippen molar-refractivity contribution in [2.45, 2.75) is 6.92 Å². The van der Waals surface area contributed by atoms with E-state index >= 15 is 0 Å². The van der Waals surface area contributed by atoms with Crippen molar-refractivity contribution in [2.75, 3.05) is 5.32 Å². The summed E-state index contributed by atoms with van der Waals surface area (Å²) in [5.41, 5.74) is 5.33. The molecule has 0 unspecified atom stereocenters. The van der Waals surface area contributed by atoms with E-state index in [-0.39, 0.29) is 11.3 Å². The van der Waals surface area contributed by atoms with E-state index in [1.54, 1.807) is 29.6 Å². The summed E-state index contributed by atoms with van der Waals surface area (Å²) in [5, 5.41) is 4.20. The summed E-state index contributed by atoms with van der Waals surface area (Å²) >= 11 is 1.18. The summed E-state index contributed by atoms with van der Waals surface area (Å²) in [4.78, 5) is 35.2. The van der Waals surface area contributed by atoms with Crippen molar-refractivity contribution in [3.8, 4) is 0 Å². The Balaban J connectivity index is 1.90. The Bertz CT molecular complexity index is 667. The highest BCUT2D eigenvalue weighted by atomic mass is 32.1. The molecule has 0 saturated carbocycles. The van der Waals surface area contributed by atoms with Gasteiger partial charge in [0.1, 0.15) is 0 Å². The molecule has 1 aromatic heterocycles. The van der Waals surface area contributed by atoms with E-state index in [2.05, 4.69) is 16.2 Å². The number of ketones is 1. The third-order valence-corrected chi connectivity index (χ3v) is 3.57. The van der Waals surface area contributed by atoms with Crippen molar-refractivity contribution >= 4 is 34.7 Å². The molecule has 3 amide bonds. The van der Waals surface area contributed by atoms with E-state index in [1.807, 2.05) is 6.07 Å². The zero-order valence-electron chi connectivity index (χ0n) is 11.2. The van der Waals surface area contributed by atoms with Crippen LogP contribution in [0.1, 0.15) is 27.0 Å². The van der Waals surface area contributed by atoms with Gasteiger partial charge in [-0.05, 0) is 30.5 Å². The van der Waals surface area contributed by atoms with Gasteiger partial charge in [-0.25, -0.2) is 10.2 Å². The number of thiophene rings is 1. The van der Waals surface area contributed by atoms with Gasteiger partial charge in [0.05, 0.1) is 10.4 Å². The summed E-state index contributed by atoms with van der Waals surface area (Å²) in [7, 11) is 0. The minimum absolute atomic E-state index is 0.191. The topological polar surface area (TPSA) is 87.3 Å². The van der Waals surface area contributed by atoms with Gasteiger partial charge in [-0.1, -0.05) is 18.2 Å². The average Bonchev–Trinajstić information content (AvgIpc) is 2.95. The number of benzene rings is 1. The highest BCUT2D eigenvalue weighted by molar-refractivity contribution is 7.12. The number of carbonyl (C=O) groups is 3. The lowest BCUT2D eigenvalue weighted by atomic mass is 10.2. The number of rotatable bonds is 3. The smallest absolute Gasteiger partial charge is 0.307 e. The van der Waals surface area contributed by atoms with Crippen LogP contribution < -0.4 is 16.2 Å². The molecular weight excluding hydrogens is 290 g/mol. The number of hydrazine groups is 1. The molecule has 0 spiro atoms. The van der Waals surface area contributed by atoms with Gasteiger partial charge in [0.2, 0.25) is 0 Å². The van der Waals surface area contributed by atoms with E-state index in [9.17, 15) is 14.4 Å². The van der Waals surface area contributed by atoms with Gasteiger partial charge in [-0.2, -0.15) is 0 Å². The van der Waals surface area contributed by atoms with E-state index in [0.29, 0.717) is 10.6 Å². The second kappa shape index (κ2) is 6.67. The van der Waals surface area contributed by atoms with Crippen LogP contribution in [0, 0.1) is 0 Å². The molecule has 0 aliphatic carbocycles. The fourth-order valence-electron chi connectivity index (χ4n) is 1.63. The Morgan fingerprint density at radius 1 is 1.00 bits per heavy atom. The van der Waals surface area contributed by atoms with Gasteiger partial charge in [-0.15, -0.1) is 11.3 Å². The van der Waals surface area contributed by atoms with E-state index in [0.717, 1.165) is 0 Å². The standard InChI is InChI=1S/C14H13N3O3S/c1-9(18)12-11(7-8-21-12)13(19)16-17-14(20)15-10-5-3-2-4-6-10/h2-8H,1H3,(H,16,19)(H2,15,17,20). The number of amides is 3. The van der Waals surface area contributed by atoms with Crippen LogP contribution in [-0.2, 0) is 0 Å². The van der Waals surface area contributed by atoms with Crippen LogP contribution >= 0.6 is 11.3 Å². The van der Waals surface area contributed by atoms with Crippen molar-refractivity contribution < 1.29 is 14.4 Å². The quantitative estimate of drug-likeness (QED) is 0.601. The van der Waals surface area contributed by atoms with Crippen molar-refractivity contribution in [3.63, 3.8) is 0 Å². The molecular formula is C14H13N3O3S. The third kappa shape index (κ3) is 3.90. The summed E-state index contributed by atoms with van der Waals surface area (Å²) < 4.78 is 0. The fourth-order valence-corrected chi connectivity index (χ4v) is 2.42. The first kappa shape index (κ1) is 14.7. The van der Waals surface area contributed by atoms with Gasteiger partial charge in [-0.3, -0.25) is 15.0 Å². The van der Waals surface area contributed by atoms with Crippen LogP contribution in [0.25, 0.3) is 0 Å². The first-order chi connectivity index (χ1) is 10.1. The van der Waals surface area contributed by atoms with E-state index in [1.165, 1.54) is 24.3 Å². The maximum absolute atomic E-state index is 11.9. The molecule has 0 aliphatic rings. The molecule has 7 heteroatoms. The molecule has 0 saturated heterocycles. The molecule has 2 aromatic rings. The zero-order chi connectivity index (χ0) is 15.2. The first-order valence-electron chi connectivity index (χ1n) is 6.08. The molecule has 0 aliphatic heterocycles. The number of carbonyl (C=O) groups excluding carboxylic acids is 3. The highest BCUT2D eigenvalue weighted by Crippen LogP contribution is 2.16. The van der Waals surface area contributed by atoms with Crippen LogP contribution in [0.15, 0.2) is 41.8 Å². The number of Topliss-reactive ketones (excluding diaryl/α,β-unsaturated/α-hetero) is 1. The van der Waals surface area contributed by atoms with Crippen molar-refractivity contribution in [3.05, 3.63) is 52.2 Å². The summed E-state index contributed by atoms with van der Waals surface area (Å²) in [6.07, 6.45) is 0. The lowest BCUT2D eigenvalue weighted by molar-refractivity contribution is 0.0927. The largest absolute Gasteiger partial charge is 0.337 e. The number of hydrogen-bond donors (Lipinski definition) is 3. The van der Waals surface area contributed by atoms with Crippen LogP contribution in [0.3, 0.4) is 0 Å². The highest BCUT2D eigenvalue weighted by Gasteiger charge is 2.16. The number of nitrogens with one attached hydrogen (secondary N) is 3. The molecule has 0 atom stereocenters. The number of urea groups is 1. The molecule has 3 N–H and O–H groups in total. The minimum Gasteiger partial charge on any atom is -0.307 e. The van der Waals surface area contributed by atoms with Gasteiger partial charge in [0.25, 0.3) is 5.91 Å². The second-order valence-corrected chi connectivity index (χ2v) is 5.03. The fraction of sp³-hybridized carbons (Fsp3) is 0.0714. The lowest BCUT2D eigenvalue weighted by Crippen LogP contribution is -2.44. The molecule has 0 radical (unpaired) electrons. The molecule has 2 rings (SSSR count). The first-order valence-corrected chi connectivity index (χ1v) is 6.96. The summed E-state index contributed by atoms with van der Waals surface area (Å²) in [6, 6.07) is 9.77. The molecule has 1 heterocycles. The maximum Gasteiger partial charge on any atom is 0.337 e. The molecule has 6 nitrogen and oxygen atoms in total. The van der Waals surface area contributed by atoms with Crippen molar-refractivity contribution in [2.24, 2.45) is 0 Å². The second-order valence-electron chi connectivity index (χ2n) is 4.12. The Labute approximate surface area is 125 Å². The molecule has 1 aromatic carbocycles. The summed E-state index contributed by atoms with van der Waals surface area (Å²) in [6.45, 7) is 1.39. The Kier molecular flexibility index (Phi) is 4.68. The SMILES string of the molecule is CC(=O)c1sccc1C(=O)NNC(=O)Nc1ccccc1. The molecule has 0 bridgehead atoms. The normalized spacial score (nSPS) is 9.76. The van der Waals surface area contributed by atoms with Crippen molar-refractivity contribution in [1.29, 1.82) is 0 Å². The van der Waals surface area contributed by atoms with E-state index < -0.39 is 11.9 Å². The number of anilines is 1. The van der Waals surface area contributed by atoms with Gasteiger partial charge in [0, 0.05) is 5.69 Å². The summed E-state index contributed by atoms with van der Waals surface area (Å²) in [5.74, 6) is -0.728. The molecule has 0 fully saturated rings. The molecule has 108 valence electrons. The molecule has 21 heavy (non-hydrogen) atoms. The zero-order valence-corrected chi connectivity index (χ0v) is 12.0. The van der Waals surface area contributed by atoms with Gasteiger partial charge in [0.15, 0.2) is 5.78 Å². The van der Waals surface area contributed by atoms with Gasteiger partial charge < -0.3 is 5.32 Å². The van der Waals surface area contributed by atoms with Crippen LogP contribution in [-0.4, -0.2) is 17.7 Å². The predicted octanol–water partition coefficient (Wildman–Crippen LogP) is 2.42. The van der Waals surface area contributed by atoms with Crippen LogP contribution in [0.4, 0.5) is 10.5 Å². The monoisotopic (exact) mass is 303 g/mol. The van der Waals surface area contributed by atoms with Crippen LogP contribution in [0.2, 0.25) is 0 Å². The third-order valence-electron chi connectivity index (χ3n) is 2.55. The Hall–Kier alpha value is -2.67.